The van der Waals surface area contributed by atoms with Crippen LogP contribution < -0.4 is 0 Å². The Kier molecular flexibility index (Phi) is 2.69. The molecule has 0 unspecified atom stereocenters. The first-order chi connectivity index (χ1) is 10.4. The zero-order valence-electron chi connectivity index (χ0n) is 13.3. The van der Waals surface area contributed by atoms with Crippen LogP contribution >= 0.6 is 0 Å². The Labute approximate surface area is 130 Å². The Morgan fingerprint density at radius 3 is 2.73 bits per heavy atom. The molecular weight excluding hydrogens is 276 g/mol. The lowest BCUT2D eigenvalue weighted by atomic mass is 9.69. The van der Waals surface area contributed by atoms with Crippen molar-refractivity contribution < 1.29 is 14.3 Å². The van der Waals surface area contributed by atoms with Crippen molar-refractivity contribution in [3.05, 3.63) is 45.7 Å². The van der Waals surface area contributed by atoms with E-state index >= 15 is 0 Å². The van der Waals surface area contributed by atoms with Crippen LogP contribution in [-0.2, 0) is 16.6 Å². The zero-order chi connectivity index (χ0) is 15.6. The van der Waals surface area contributed by atoms with E-state index in [4.69, 9.17) is 4.74 Å². The number of hydrogen-bond donors (Lipinski definition) is 0. The van der Waals surface area contributed by atoms with Crippen LogP contribution in [0, 0.1) is 5.92 Å². The monoisotopic (exact) mass is 296 g/mol. The number of hydrogen-bond acceptors (Lipinski definition) is 3. The SMILES string of the molecule is C[C@@H]1COC2=C1C(=O)c1ccc3c(c1C2=O)CCCC3(C)C. The third-order valence-electron chi connectivity index (χ3n) is 5.41. The first-order valence-corrected chi connectivity index (χ1v) is 8.04. The molecule has 4 rings (SSSR count). The Morgan fingerprint density at radius 2 is 1.95 bits per heavy atom. The molecule has 3 heteroatoms. The summed E-state index contributed by atoms with van der Waals surface area (Å²) in [6, 6.07) is 3.92. The molecule has 0 spiro atoms. The van der Waals surface area contributed by atoms with Gasteiger partial charge >= 0.3 is 0 Å². The molecule has 2 aliphatic carbocycles. The van der Waals surface area contributed by atoms with Crippen LogP contribution in [0.3, 0.4) is 0 Å². The van der Waals surface area contributed by atoms with E-state index < -0.39 is 0 Å². The second-order valence-electron chi connectivity index (χ2n) is 7.36. The molecule has 114 valence electrons. The first kappa shape index (κ1) is 13.7. The summed E-state index contributed by atoms with van der Waals surface area (Å²) in [4.78, 5) is 25.7. The number of carbonyl (C=O) groups excluding carboxylic acids is 2. The summed E-state index contributed by atoms with van der Waals surface area (Å²) in [5.74, 6) is 0.220. The van der Waals surface area contributed by atoms with Gasteiger partial charge in [0.05, 0.1) is 12.2 Å². The number of ketones is 2. The van der Waals surface area contributed by atoms with Crippen LogP contribution in [0.4, 0.5) is 0 Å². The topological polar surface area (TPSA) is 43.4 Å². The van der Waals surface area contributed by atoms with E-state index in [-0.39, 0.29) is 22.9 Å². The zero-order valence-corrected chi connectivity index (χ0v) is 13.3. The standard InChI is InChI=1S/C19H20O3/c1-10-9-22-18-14(10)16(20)12-6-7-13-11(15(12)17(18)21)5-4-8-19(13,2)3/h6-7,10H,4-5,8-9H2,1-3H3/t10-/m1/s1. The average molecular weight is 296 g/mol. The lowest BCUT2D eigenvalue weighted by Gasteiger charge is -2.35. The largest absolute Gasteiger partial charge is 0.488 e. The van der Waals surface area contributed by atoms with Crippen LogP contribution in [0.5, 0.6) is 0 Å². The summed E-state index contributed by atoms with van der Waals surface area (Å²) < 4.78 is 5.56. The van der Waals surface area contributed by atoms with E-state index in [1.807, 2.05) is 13.0 Å². The number of rotatable bonds is 0. The number of carbonyl (C=O) groups is 2. The van der Waals surface area contributed by atoms with Crippen LogP contribution in [0.2, 0.25) is 0 Å². The molecule has 1 atom stereocenters. The predicted molar refractivity (Wildman–Crippen MR) is 83.2 cm³/mol. The molecule has 0 N–H and O–H groups in total. The van der Waals surface area contributed by atoms with Crippen molar-refractivity contribution in [2.45, 2.75) is 45.4 Å². The minimum atomic E-state index is -0.0801. The first-order valence-electron chi connectivity index (χ1n) is 8.04. The highest BCUT2D eigenvalue weighted by molar-refractivity contribution is 6.27. The molecule has 0 saturated carbocycles. The Bertz CT molecular complexity index is 752. The van der Waals surface area contributed by atoms with Gasteiger partial charge in [-0.25, -0.2) is 0 Å². The summed E-state index contributed by atoms with van der Waals surface area (Å²) in [7, 11) is 0. The highest BCUT2D eigenvalue weighted by Crippen LogP contribution is 2.43. The minimum Gasteiger partial charge on any atom is -0.488 e. The van der Waals surface area contributed by atoms with Gasteiger partial charge < -0.3 is 4.74 Å². The number of fused-ring (bicyclic) bond motifs is 3. The molecule has 0 aromatic heterocycles. The van der Waals surface area contributed by atoms with Crippen LogP contribution in [0.15, 0.2) is 23.5 Å². The van der Waals surface area contributed by atoms with Gasteiger partial charge in [0.1, 0.15) is 0 Å². The minimum absolute atomic E-state index is 0.00655. The predicted octanol–water partition coefficient (Wildman–Crippen LogP) is 3.60. The van der Waals surface area contributed by atoms with Crippen molar-refractivity contribution in [3.8, 4) is 0 Å². The van der Waals surface area contributed by atoms with E-state index in [2.05, 4.69) is 19.9 Å². The summed E-state index contributed by atoms with van der Waals surface area (Å²) in [6.45, 7) is 6.81. The van der Waals surface area contributed by atoms with Crippen molar-refractivity contribution in [1.29, 1.82) is 0 Å². The molecule has 3 aliphatic rings. The van der Waals surface area contributed by atoms with Gasteiger partial charge in [0.25, 0.3) is 0 Å². The van der Waals surface area contributed by atoms with Gasteiger partial charge in [0, 0.05) is 17.0 Å². The van der Waals surface area contributed by atoms with Crippen molar-refractivity contribution in [2.24, 2.45) is 5.92 Å². The van der Waals surface area contributed by atoms with Gasteiger partial charge in [-0.05, 0) is 41.9 Å². The molecule has 0 amide bonds. The highest BCUT2D eigenvalue weighted by atomic mass is 16.5. The second kappa shape index (κ2) is 4.31. The molecule has 1 aromatic rings. The maximum Gasteiger partial charge on any atom is 0.229 e. The van der Waals surface area contributed by atoms with Crippen LogP contribution in [-0.4, -0.2) is 18.2 Å². The van der Waals surface area contributed by atoms with E-state index in [0.29, 0.717) is 29.1 Å². The summed E-state index contributed by atoms with van der Waals surface area (Å²) >= 11 is 0. The summed E-state index contributed by atoms with van der Waals surface area (Å²) in [5, 5.41) is 0. The third-order valence-corrected chi connectivity index (χ3v) is 5.41. The van der Waals surface area contributed by atoms with Crippen molar-refractivity contribution >= 4 is 11.6 Å². The quantitative estimate of drug-likeness (QED) is 0.734. The molecular formula is C19H20O3. The van der Waals surface area contributed by atoms with Crippen molar-refractivity contribution in [2.75, 3.05) is 6.61 Å². The Balaban J connectivity index is 1.97. The number of benzene rings is 1. The van der Waals surface area contributed by atoms with E-state index in [1.165, 1.54) is 5.56 Å². The van der Waals surface area contributed by atoms with Crippen molar-refractivity contribution in [1.82, 2.24) is 0 Å². The van der Waals surface area contributed by atoms with E-state index in [0.717, 1.165) is 24.8 Å². The third kappa shape index (κ3) is 1.62. The van der Waals surface area contributed by atoms with E-state index in [1.54, 1.807) is 0 Å². The Morgan fingerprint density at radius 1 is 1.18 bits per heavy atom. The van der Waals surface area contributed by atoms with Crippen LogP contribution in [0.1, 0.15) is 65.5 Å². The maximum absolute atomic E-state index is 12.9. The van der Waals surface area contributed by atoms with Gasteiger partial charge in [-0.15, -0.1) is 0 Å². The highest BCUT2D eigenvalue weighted by Gasteiger charge is 2.43. The second-order valence-corrected chi connectivity index (χ2v) is 7.36. The molecule has 0 saturated heterocycles. The number of Topliss-reactive ketones (excluding diaryl/α,β-unsaturated/α-hetero) is 2. The fourth-order valence-electron chi connectivity index (χ4n) is 4.20. The maximum atomic E-state index is 12.9. The molecule has 0 fully saturated rings. The van der Waals surface area contributed by atoms with Gasteiger partial charge in [-0.1, -0.05) is 26.8 Å². The number of ether oxygens (including phenoxy) is 1. The molecule has 0 bridgehead atoms. The summed E-state index contributed by atoms with van der Waals surface area (Å²) in [6.07, 6.45) is 3.04. The normalized spacial score (nSPS) is 25.5. The molecule has 3 nitrogen and oxygen atoms in total. The number of allylic oxidation sites excluding steroid dienone is 1. The van der Waals surface area contributed by atoms with Gasteiger partial charge in [0.15, 0.2) is 11.5 Å². The average Bonchev–Trinajstić information content (AvgIpc) is 2.86. The molecule has 22 heavy (non-hydrogen) atoms. The molecule has 1 heterocycles. The molecule has 0 radical (unpaired) electrons. The van der Waals surface area contributed by atoms with Gasteiger partial charge in [0.2, 0.25) is 5.78 Å². The Hall–Kier alpha value is -1.90. The fraction of sp³-hybridized carbons (Fsp3) is 0.474. The van der Waals surface area contributed by atoms with E-state index in [9.17, 15) is 9.59 Å². The molecule has 1 aliphatic heterocycles. The van der Waals surface area contributed by atoms with Crippen molar-refractivity contribution in [3.63, 3.8) is 0 Å². The van der Waals surface area contributed by atoms with Gasteiger partial charge in [-0.2, -0.15) is 0 Å². The van der Waals surface area contributed by atoms with Gasteiger partial charge in [-0.3, -0.25) is 9.59 Å². The smallest absolute Gasteiger partial charge is 0.229 e. The lowest BCUT2D eigenvalue weighted by Crippen LogP contribution is -2.30. The summed E-state index contributed by atoms with van der Waals surface area (Å²) in [5.41, 5.74) is 4.12. The van der Waals surface area contributed by atoms with Crippen LogP contribution in [0.25, 0.3) is 0 Å². The lowest BCUT2D eigenvalue weighted by molar-refractivity contribution is 0.0911. The molecule has 1 aromatic carbocycles. The fourth-order valence-corrected chi connectivity index (χ4v) is 4.20.